The van der Waals surface area contributed by atoms with Crippen LogP contribution in [0.25, 0.3) is 0 Å². The van der Waals surface area contributed by atoms with Crippen molar-refractivity contribution >= 4 is 41.0 Å². The molecule has 0 saturated carbocycles. The molecule has 2 N–H and O–H groups in total. The monoisotopic (exact) mass is 661 g/mol. The standard InChI is InChI=1S/C37H51N5O6/c1-10-46-32(43)26-13-17-28(18-14-26)41(35(4,5)6)30(39)21-23-37(25-38,34(45)48-12-3)24-22-31(40)42(36(7,8)9)29-19-15-27(16-20-29)33(44)47-11-2/h13-20,39-40H,10-12,21-24H2,1-9H3. The van der Waals surface area contributed by atoms with E-state index in [9.17, 15) is 19.6 Å². The van der Waals surface area contributed by atoms with Crippen molar-refractivity contribution in [1.29, 1.82) is 16.1 Å². The smallest absolute Gasteiger partial charge is 0.338 e. The fraction of sp³-hybridized carbons (Fsp3) is 0.514. The molecule has 11 heteroatoms. The number of benzene rings is 2. The quantitative estimate of drug-likeness (QED) is 0.0903. The van der Waals surface area contributed by atoms with Gasteiger partial charge in [0.05, 0.1) is 37.0 Å². The zero-order valence-corrected chi connectivity index (χ0v) is 29.9. The maximum atomic E-state index is 13.4. The summed E-state index contributed by atoms with van der Waals surface area (Å²) in [6.07, 6.45) is 0.168. The molecule has 48 heavy (non-hydrogen) atoms. The van der Waals surface area contributed by atoms with Crippen molar-refractivity contribution in [3.8, 4) is 6.07 Å². The van der Waals surface area contributed by atoms with Crippen molar-refractivity contribution in [2.24, 2.45) is 5.41 Å². The van der Waals surface area contributed by atoms with Crippen LogP contribution in [0.15, 0.2) is 48.5 Å². The number of nitrogens with zero attached hydrogens (tertiary/aromatic N) is 3. The van der Waals surface area contributed by atoms with E-state index in [1.165, 1.54) is 0 Å². The SMILES string of the molecule is CCOC(=O)c1ccc(N(C(=N)CCC(C#N)(CCC(=N)N(c2ccc(C(=O)OCC)cc2)C(C)(C)C)C(=O)OCC)C(C)(C)C)cc1. The number of nitriles is 1. The lowest BCUT2D eigenvalue weighted by atomic mass is 9.79. The Bertz CT molecular complexity index is 1390. The summed E-state index contributed by atoms with van der Waals surface area (Å²) in [6.45, 7) is 17.5. The summed E-state index contributed by atoms with van der Waals surface area (Å²) in [5.41, 5.74) is -0.545. The van der Waals surface area contributed by atoms with Crippen LogP contribution in [0, 0.1) is 27.6 Å². The minimum absolute atomic E-state index is 0.00565. The van der Waals surface area contributed by atoms with Gasteiger partial charge in [-0.2, -0.15) is 5.26 Å². The van der Waals surface area contributed by atoms with Gasteiger partial charge in [-0.25, -0.2) is 9.59 Å². The van der Waals surface area contributed by atoms with E-state index in [0.717, 1.165) is 0 Å². The number of hydrogen-bond donors (Lipinski definition) is 2. The van der Waals surface area contributed by atoms with Crippen LogP contribution in [0.1, 0.15) is 109 Å². The van der Waals surface area contributed by atoms with Gasteiger partial charge in [-0.1, -0.05) is 0 Å². The molecule has 0 aliphatic carbocycles. The summed E-state index contributed by atoms with van der Waals surface area (Å²) in [5, 5.41) is 28.6. The second kappa shape index (κ2) is 16.9. The lowest BCUT2D eigenvalue weighted by Gasteiger charge is -2.39. The fourth-order valence-corrected chi connectivity index (χ4v) is 5.46. The highest BCUT2D eigenvalue weighted by atomic mass is 16.5. The molecule has 0 aliphatic heterocycles. The molecule has 260 valence electrons. The summed E-state index contributed by atoms with van der Waals surface area (Å²) >= 11 is 0. The van der Waals surface area contributed by atoms with E-state index in [1.807, 2.05) is 41.5 Å². The predicted molar refractivity (Wildman–Crippen MR) is 188 cm³/mol. The lowest BCUT2D eigenvalue weighted by molar-refractivity contribution is -0.152. The molecule has 0 fully saturated rings. The van der Waals surface area contributed by atoms with Crippen LogP contribution >= 0.6 is 0 Å². The highest BCUT2D eigenvalue weighted by Crippen LogP contribution is 2.35. The number of hydrogen-bond acceptors (Lipinski definition) is 9. The van der Waals surface area contributed by atoms with E-state index in [1.54, 1.807) is 79.1 Å². The van der Waals surface area contributed by atoms with Gasteiger partial charge in [0.1, 0.15) is 11.7 Å². The molecular formula is C37H51N5O6. The normalized spacial score (nSPS) is 12.6. The maximum Gasteiger partial charge on any atom is 0.338 e. The minimum Gasteiger partial charge on any atom is -0.465 e. The van der Waals surface area contributed by atoms with Crippen molar-refractivity contribution in [2.75, 3.05) is 29.6 Å². The van der Waals surface area contributed by atoms with Crippen molar-refractivity contribution < 1.29 is 28.6 Å². The first-order chi connectivity index (χ1) is 22.4. The number of carbonyl (C=O) groups excluding carboxylic acids is 3. The van der Waals surface area contributed by atoms with Gasteiger partial charge in [0.15, 0.2) is 5.41 Å². The Labute approximate surface area is 285 Å². The summed E-state index contributed by atoms with van der Waals surface area (Å²) < 4.78 is 15.6. The minimum atomic E-state index is -1.61. The molecule has 2 aromatic carbocycles. The fourth-order valence-electron chi connectivity index (χ4n) is 5.46. The molecule has 0 aliphatic rings. The molecule has 11 nitrogen and oxygen atoms in total. The van der Waals surface area contributed by atoms with Crippen molar-refractivity contribution in [3.05, 3.63) is 59.7 Å². The Morgan fingerprint density at radius 1 is 0.646 bits per heavy atom. The van der Waals surface area contributed by atoms with Crippen LogP contribution in [0.3, 0.4) is 0 Å². The molecule has 0 aromatic heterocycles. The van der Waals surface area contributed by atoms with Gasteiger partial charge in [0.2, 0.25) is 0 Å². The first-order valence-electron chi connectivity index (χ1n) is 16.3. The van der Waals surface area contributed by atoms with Crippen LogP contribution < -0.4 is 9.80 Å². The van der Waals surface area contributed by atoms with Crippen molar-refractivity contribution in [1.82, 2.24) is 0 Å². The first kappa shape index (κ1) is 39.5. The van der Waals surface area contributed by atoms with Gasteiger partial charge in [0, 0.05) is 35.3 Å². The van der Waals surface area contributed by atoms with E-state index in [2.05, 4.69) is 6.07 Å². The van der Waals surface area contributed by atoms with E-state index in [-0.39, 0.29) is 57.2 Å². The number of carbonyl (C=O) groups is 3. The van der Waals surface area contributed by atoms with Gasteiger partial charge in [-0.15, -0.1) is 0 Å². The Morgan fingerprint density at radius 2 is 0.979 bits per heavy atom. The molecule has 0 unspecified atom stereocenters. The van der Waals surface area contributed by atoms with E-state index in [0.29, 0.717) is 22.5 Å². The Morgan fingerprint density at radius 3 is 1.25 bits per heavy atom. The van der Waals surface area contributed by atoms with Crippen molar-refractivity contribution in [2.45, 2.75) is 99.1 Å². The highest BCUT2D eigenvalue weighted by Gasteiger charge is 2.42. The Balaban J connectivity index is 2.35. The van der Waals surface area contributed by atoms with Crippen LogP contribution in [0.4, 0.5) is 11.4 Å². The highest BCUT2D eigenvalue weighted by molar-refractivity contribution is 5.99. The topological polar surface area (TPSA) is 157 Å². The second-order valence-electron chi connectivity index (χ2n) is 13.4. The molecule has 0 bridgehead atoms. The molecule has 2 aromatic rings. The molecule has 0 heterocycles. The molecule has 0 spiro atoms. The number of rotatable bonds is 14. The molecule has 0 atom stereocenters. The van der Waals surface area contributed by atoms with Crippen molar-refractivity contribution in [3.63, 3.8) is 0 Å². The third kappa shape index (κ3) is 10.1. The zero-order valence-electron chi connectivity index (χ0n) is 29.9. The predicted octanol–water partition coefficient (Wildman–Crippen LogP) is 7.54. The third-order valence-electron chi connectivity index (χ3n) is 7.61. The molecule has 0 amide bonds. The number of esters is 3. The first-order valence-corrected chi connectivity index (χ1v) is 16.3. The average molecular weight is 662 g/mol. The zero-order chi connectivity index (χ0) is 36.3. The van der Waals surface area contributed by atoms with Crippen LogP contribution in [-0.4, -0.2) is 60.5 Å². The summed E-state index contributed by atoms with van der Waals surface area (Å²) in [6, 6.07) is 15.8. The van der Waals surface area contributed by atoms with Gasteiger partial charge < -0.3 is 24.0 Å². The average Bonchev–Trinajstić information content (AvgIpc) is 3.01. The summed E-state index contributed by atoms with van der Waals surface area (Å²) in [5.74, 6) is -1.18. The largest absolute Gasteiger partial charge is 0.465 e. The Hall–Kier alpha value is -4.72. The third-order valence-corrected chi connectivity index (χ3v) is 7.61. The molecule has 2 rings (SSSR count). The molecular weight excluding hydrogens is 610 g/mol. The Kier molecular flexibility index (Phi) is 13.9. The summed E-state index contributed by atoms with van der Waals surface area (Å²) in [4.78, 5) is 41.4. The van der Waals surface area contributed by atoms with E-state index >= 15 is 0 Å². The van der Waals surface area contributed by atoms with Gasteiger partial charge in [-0.05, 0) is 124 Å². The summed E-state index contributed by atoms with van der Waals surface area (Å²) in [7, 11) is 0. The number of ether oxygens (including phenoxy) is 3. The van der Waals surface area contributed by atoms with Gasteiger partial charge in [0.25, 0.3) is 0 Å². The molecule has 0 saturated heterocycles. The lowest BCUT2D eigenvalue weighted by Crippen LogP contribution is -2.47. The van der Waals surface area contributed by atoms with E-state index < -0.39 is 34.4 Å². The number of anilines is 2. The van der Waals surface area contributed by atoms with Gasteiger partial charge >= 0.3 is 17.9 Å². The molecule has 0 radical (unpaired) electrons. The number of amidine groups is 2. The van der Waals surface area contributed by atoms with Gasteiger partial charge in [-0.3, -0.25) is 15.6 Å². The second-order valence-corrected chi connectivity index (χ2v) is 13.4. The van der Waals surface area contributed by atoms with E-state index in [4.69, 9.17) is 25.0 Å². The number of nitrogens with one attached hydrogen (secondary N) is 2. The van der Waals surface area contributed by atoms with Crippen LogP contribution in [-0.2, 0) is 19.0 Å². The van der Waals surface area contributed by atoms with Crippen LogP contribution in [0.5, 0.6) is 0 Å². The van der Waals surface area contributed by atoms with Crippen LogP contribution in [0.2, 0.25) is 0 Å². The maximum absolute atomic E-state index is 13.4.